The van der Waals surface area contributed by atoms with E-state index in [0.29, 0.717) is 16.7 Å². The first-order valence-corrected chi connectivity index (χ1v) is 11.9. The maximum absolute atomic E-state index is 12.7. The van der Waals surface area contributed by atoms with E-state index in [0.717, 1.165) is 0 Å². The van der Waals surface area contributed by atoms with Crippen LogP contribution < -0.4 is 15.5 Å². The molecule has 1 aromatic heterocycles. The molecule has 176 valence electrons. The molecule has 0 spiro atoms. The molecule has 0 aliphatic carbocycles. The number of aliphatic hydroxyl groups is 1. The van der Waals surface area contributed by atoms with Gasteiger partial charge in [-0.25, -0.2) is 13.9 Å². The standard InChI is InChI=1S/C22H24N2O8S/c25-11-3-13-33(29,30)14-18-17-4-1-2-5-19(17)32-20(18)22(27)23-10-12-31-16-8-6-15(7-9-16)21(26)24-28/h1-2,4-9,25,28H,3,10-14H2,(H,23,27)(H,24,26). The Balaban J connectivity index is 1.65. The molecular formula is C22H24N2O8S. The SMILES string of the molecule is O=C(NO)c1ccc(OCCNC(=O)c2oc3ccccc3c2CS(=O)(=O)CCCO)cc1. The molecule has 0 fully saturated rings. The van der Waals surface area contributed by atoms with Gasteiger partial charge in [0.05, 0.1) is 18.1 Å². The highest BCUT2D eigenvalue weighted by atomic mass is 32.2. The second-order valence-electron chi connectivity index (χ2n) is 7.14. The number of furan rings is 1. The molecule has 0 bridgehead atoms. The van der Waals surface area contributed by atoms with E-state index in [9.17, 15) is 18.0 Å². The van der Waals surface area contributed by atoms with Crippen molar-refractivity contribution in [3.05, 3.63) is 65.4 Å². The first-order chi connectivity index (χ1) is 15.8. The number of carbonyl (C=O) groups is 2. The Morgan fingerprint density at radius 2 is 1.76 bits per heavy atom. The van der Waals surface area contributed by atoms with Gasteiger partial charge in [0.15, 0.2) is 15.6 Å². The molecule has 0 atom stereocenters. The van der Waals surface area contributed by atoms with Gasteiger partial charge in [0.2, 0.25) is 0 Å². The summed E-state index contributed by atoms with van der Waals surface area (Å²) < 4.78 is 36.0. The number of fused-ring (bicyclic) bond motifs is 1. The molecule has 0 unspecified atom stereocenters. The first-order valence-electron chi connectivity index (χ1n) is 10.1. The third-order valence-electron chi connectivity index (χ3n) is 4.76. The first kappa shape index (κ1) is 24.2. The fourth-order valence-electron chi connectivity index (χ4n) is 3.18. The molecule has 0 aliphatic heterocycles. The quantitative estimate of drug-likeness (QED) is 0.185. The van der Waals surface area contributed by atoms with Gasteiger partial charge < -0.3 is 19.6 Å². The van der Waals surface area contributed by atoms with E-state index < -0.39 is 21.7 Å². The molecule has 2 amide bonds. The van der Waals surface area contributed by atoms with Gasteiger partial charge in [-0.1, -0.05) is 18.2 Å². The van der Waals surface area contributed by atoms with Gasteiger partial charge in [-0.05, 0) is 36.8 Å². The number of hydroxylamine groups is 1. The van der Waals surface area contributed by atoms with E-state index in [2.05, 4.69) is 5.32 Å². The van der Waals surface area contributed by atoms with Crippen LogP contribution in [-0.2, 0) is 15.6 Å². The topological polar surface area (TPSA) is 155 Å². The molecule has 10 nitrogen and oxygen atoms in total. The normalized spacial score (nSPS) is 11.3. The third-order valence-corrected chi connectivity index (χ3v) is 6.40. The molecule has 0 saturated heterocycles. The number of benzene rings is 2. The molecule has 1 heterocycles. The third kappa shape index (κ3) is 6.31. The summed E-state index contributed by atoms with van der Waals surface area (Å²) in [5.41, 5.74) is 2.47. The summed E-state index contributed by atoms with van der Waals surface area (Å²) in [5.74, 6) is -1.42. The number of nitrogens with one attached hydrogen (secondary N) is 2. The molecule has 0 aliphatic rings. The maximum Gasteiger partial charge on any atom is 0.287 e. The number of hydrogen-bond acceptors (Lipinski definition) is 8. The van der Waals surface area contributed by atoms with Crippen molar-refractivity contribution < 1.29 is 37.5 Å². The number of hydrogen-bond donors (Lipinski definition) is 4. The van der Waals surface area contributed by atoms with Crippen LogP contribution in [0.2, 0.25) is 0 Å². The highest BCUT2D eigenvalue weighted by Crippen LogP contribution is 2.28. The molecule has 0 radical (unpaired) electrons. The predicted octanol–water partition coefficient (Wildman–Crippen LogP) is 1.66. The highest BCUT2D eigenvalue weighted by molar-refractivity contribution is 7.90. The summed E-state index contributed by atoms with van der Waals surface area (Å²) in [5, 5.41) is 20.7. The van der Waals surface area contributed by atoms with Crippen LogP contribution in [0.5, 0.6) is 5.75 Å². The number of sulfone groups is 1. The van der Waals surface area contributed by atoms with Crippen molar-refractivity contribution in [2.45, 2.75) is 12.2 Å². The maximum atomic E-state index is 12.7. The Morgan fingerprint density at radius 3 is 2.45 bits per heavy atom. The number of rotatable bonds is 11. The van der Waals surface area contributed by atoms with Gasteiger partial charge in [0, 0.05) is 23.1 Å². The van der Waals surface area contributed by atoms with Crippen LogP contribution in [-0.4, -0.2) is 56.1 Å². The summed E-state index contributed by atoms with van der Waals surface area (Å²) >= 11 is 0. The Kier molecular flexibility index (Phi) is 8.04. The largest absolute Gasteiger partial charge is 0.492 e. The zero-order valence-electron chi connectivity index (χ0n) is 17.6. The van der Waals surface area contributed by atoms with Crippen molar-refractivity contribution in [3.63, 3.8) is 0 Å². The summed E-state index contributed by atoms with van der Waals surface area (Å²) in [6.07, 6.45) is 0.114. The van der Waals surface area contributed by atoms with Crippen molar-refractivity contribution >= 4 is 32.6 Å². The number of carbonyl (C=O) groups excluding carboxylic acids is 2. The van der Waals surface area contributed by atoms with Gasteiger partial charge in [-0.15, -0.1) is 0 Å². The number of ether oxygens (including phenoxy) is 1. The fraction of sp³-hybridized carbons (Fsp3) is 0.273. The van der Waals surface area contributed by atoms with Crippen LogP contribution in [0.15, 0.2) is 52.9 Å². The van der Waals surface area contributed by atoms with Crippen LogP contribution in [0.4, 0.5) is 0 Å². The number of aliphatic hydroxyl groups excluding tert-OH is 1. The van der Waals surface area contributed by atoms with E-state index in [1.54, 1.807) is 36.4 Å². The van der Waals surface area contributed by atoms with Gasteiger partial charge in [-0.3, -0.25) is 14.8 Å². The van der Waals surface area contributed by atoms with Gasteiger partial charge >= 0.3 is 0 Å². The lowest BCUT2D eigenvalue weighted by molar-refractivity contribution is 0.0706. The monoisotopic (exact) mass is 476 g/mol. The second-order valence-corrected chi connectivity index (χ2v) is 9.33. The van der Waals surface area contributed by atoms with Crippen LogP contribution in [0.25, 0.3) is 11.0 Å². The van der Waals surface area contributed by atoms with Crippen molar-refractivity contribution in [1.82, 2.24) is 10.8 Å². The zero-order valence-corrected chi connectivity index (χ0v) is 18.4. The van der Waals surface area contributed by atoms with E-state index in [1.165, 1.54) is 17.6 Å². The van der Waals surface area contributed by atoms with Gasteiger partial charge in [0.25, 0.3) is 11.8 Å². The molecule has 0 saturated carbocycles. The van der Waals surface area contributed by atoms with Crippen molar-refractivity contribution in [2.24, 2.45) is 0 Å². The van der Waals surface area contributed by atoms with Crippen LogP contribution in [0, 0.1) is 0 Å². The predicted molar refractivity (Wildman–Crippen MR) is 119 cm³/mol. The zero-order chi connectivity index (χ0) is 23.8. The minimum absolute atomic E-state index is 0.0804. The molecule has 3 aromatic rings. The molecule has 33 heavy (non-hydrogen) atoms. The van der Waals surface area contributed by atoms with Crippen LogP contribution >= 0.6 is 0 Å². The summed E-state index contributed by atoms with van der Waals surface area (Å²) in [6, 6.07) is 12.8. The minimum atomic E-state index is -3.56. The molecule has 4 N–H and O–H groups in total. The van der Waals surface area contributed by atoms with Crippen molar-refractivity contribution in [3.8, 4) is 5.75 Å². The average Bonchev–Trinajstić information content (AvgIpc) is 3.18. The Bertz CT molecular complexity index is 1220. The Morgan fingerprint density at radius 1 is 1.03 bits per heavy atom. The number of para-hydroxylation sites is 1. The lowest BCUT2D eigenvalue weighted by Gasteiger charge is -2.09. The summed E-state index contributed by atoms with van der Waals surface area (Å²) in [6.45, 7) is -0.0107. The van der Waals surface area contributed by atoms with Gasteiger partial charge in [0.1, 0.15) is 17.9 Å². The smallest absolute Gasteiger partial charge is 0.287 e. The highest BCUT2D eigenvalue weighted by Gasteiger charge is 2.24. The van der Waals surface area contributed by atoms with E-state index in [1.807, 2.05) is 0 Å². The van der Waals surface area contributed by atoms with Crippen molar-refractivity contribution in [1.29, 1.82) is 0 Å². The average molecular weight is 477 g/mol. The van der Waals surface area contributed by atoms with E-state index >= 15 is 0 Å². The number of amides is 2. The minimum Gasteiger partial charge on any atom is -0.492 e. The molecule has 11 heteroatoms. The lowest BCUT2D eigenvalue weighted by Crippen LogP contribution is -2.28. The lowest BCUT2D eigenvalue weighted by atomic mass is 10.1. The second kappa shape index (κ2) is 10.9. The van der Waals surface area contributed by atoms with Crippen LogP contribution in [0.3, 0.4) is 0 Å². The molecular weight excluding hydrogens is 452 g/mol. The van der Waals surface area contributed by atoms with Crippen molar-refractivity contribution in [2.75, 3.05) is 25.5 Å². The fourth-order valence-corrected chi connectivity index (χ4v) is 4.62. The molecule has 2 aromatic carbocycles. The Labute approximate surface area is 190 Å². The summed E-state index contributed by atoms with van der Waals surface area (Å²) in [7, 11) is -3.56. The van der Waals surface area contributed by atoms with E-state index in [-0.39, 0.29) is 54.6 Å². The van der Waals surface area contributed by atoms with Gasteiger partial charge in [-0.2, -0.15) is 0 Å². The Hall–Kier alpha value is -3.41. The summed E-state index contributed by atoms with van der Waals surface area (Å²) in [4.78, 5) is 24.1. The van der Waals surface area contributed by atoms with E-state index in [4.69, 9.17) is 19.5 Å². The molecule has 3 rings (SSSR count). The van der Waals surface area contributed by atoms with Crippen LogP contribution in [0.1, 0.15) is 32.9 Å².